The number of ketones is 1. The number of hydrogen-bond acceptors (Lipinski definition) is 4. The van der Waals surface area contributed by atoms with Crippen molar-refractivity contribution in [1.82, 2.24) is 0 Å². The van der Waals surface area contributed by atoms with E-state index in [0.717, 1.165) is 5.69 Å². The van der Waals surface area contributed by atoms with E-state index in [9.17, 15) is 9.59 Å². The molecule has 0 bridgehead atoms. The van der Waals surface area contributed by atoms with E-state index in [1.807, 2.05) is 75.6 Å². The molecule has 0 unspecified atom stereocenters. The van der Waals surface area contributed by atoms with Crippen LogP contribution in [0, 0.1) is 0 Å². The lowest BCUT2D eigenvalue weighted by molar-refractivity contribution is 0.103. The summed E-state index contributed by atoms with van der Waals surface area (Å²) >= 11 is 16.5. The molecule has 0 radical (unpaired) electrons. The molecule has 0 N–H and O–H groups in total. The van der Waals surface area contributed by atoms with Gasteiger partial charge in [0.25, 0.3) is 5.24 Å². The number of hydrogen-bond donors (Lipinski definition) is 0. The molecule has 4 nitrogen and oxygen atoms in total. The van der Waals surface area contributed by atoms with E-state index in [1.54, 1.807) is 48.5 Å². The smallest absolute Gasteiger partial charge is 0.252 e. The lowest BCUT2D eigenvalue weighted by Crippen LogP contribution is -2.09. The highest BCUT2D eigenvalue weighted by Gasteiger charge is 2.09. The predicted molar refractivity (Wildman–Crippen MR) is 165 cm³/mol. The van der Waals surface area contributed by atoms with Gasteiger partial charge in [-0.25, -0.2) is 0 Å². The minimum absolute atomic E-state index is 0. The van der Waals surface area contributed by atoms with Gasteiger partial charge in [-0.1, -0.05) is 48.8 Å². The molecule has 4 aromatic rings. The lowest BCUT2D eigenvalue weighted by atomic mass is 10.0. The second kappa shape index (κ2) is 16.5. The van der Waals surface area contributed by atoms with Crippen molar-refractivity contribution in [3.63, 3.8) is 0 Å². The van der Waals surface area contributed by atoms with Gasteiger partial charge in [0.15, 0.2) is 5.78 Å². The normalized spacial score (nSPS) is 9.45. The summed E-state index contributed by atoms with van der Waals surface area (Å²) in [6, 6.07) is 31.1. The third kappa shape index (κ3) is 11.0. The average molecular weight is 572 g/mol. The third-order valence-corrected chi connectivity index (χ3v) is 5.82. The number of rotatable bonds is 5. The standard InChI is InChI=1S/C15H14ClNO.C8H11N.C7H4Cl2O.CH4/c1-17(2)14-9-5-12(6-10-14)15(18)11-3-7-13(16)8-4-11;1-9(2)8-6-4-3-5-7-8;8-6-3-1-5(2-4-6)7(9)10;/h3-10H,1-2H3;3-7H,1-2H3;1-4H;1H4. The van der Waals surface area contributed by atoms with Crippen molar-refractivity contribution in [2.45, 2.75) is 7.43 Å². The molecule has 200 valence electrons. The molecule has 0 aromatic heterocycles. The van der Waals surface area contributed by atoms with Crippen molar-refractivity contribution < 1.29 is 9.59 Å². The maximum Gasteiger partial charge on any atom is 0.252 e. The van der Waals surface area contributed by atoms with Crippen molar-refractivity contribution in [2.75, 3.05) is 38.0 Å². The Morgan fingerprint density at radius 2 is 0.868 bits per heavy atom. The van der Waals surface area contributed by atoms with Gasteiger partial charge in [-0.3, -0.25) is 9.59 Å². The average Bonchev–Trinajstić information content (AvgIpc) is 2.90. The minimum atomic E-state index is -0.461. The number of carbonyl (C=O) groups is 2. The quantitative estimate of drug-likeness (QED) is 0.177. The summed E-state index contributed by atoms with van der Waals surface area (Å²) in [6.45, 7) is 0. The van der Waals surface area contributed by atoms with E-state index in [0.29, 0.717) is 26.7 Å². The lowest BCUT2D eigenvalue weighted by Gasteiger charge is -2.12. The number of nitrogens with zero attached hydrogens (tertiary/aromatic N) is 2. The van der Waals surface area contributed by atoms with E-state index >= 15 is 0 Å². The largest absolute Gasteiger partial charge is 0.378 e. The first-order valence-electron chi connectivity index (χ1n) is 11.3. The SMILES string of the molecule is C.CN(C)c1ccc(C(=O)c2ccc(Cl)cc2)cc1.CN(C)c1ccccc1.O=C(Cl)c1ccc(Cl)cc1. The summed E-state index contributed by atoms with van der Waals surface area (Å²) in [5.41, 5.74) is 4.12. The van der Waals surface area contributed by atoms with Crippen molar-refractivity contribution in [3.05, 3.63) is 130 Å². The second-order valence-corrected chi connectivity index (χ2v) is 9.50. The zero-order valence-electron chi connectivity index (χ0n) is 21.2. The molecule has 7 heteroatoms. The highest BCUT2D eigenvalue weighted by molar-refractivity contribution is 6.67. The fraction of sp³-hybridized carbons (Fsp3) is 0.161. The van der Waals surface area contributed by atoms with Gasteiger partial charge in [0.05, 0.1) is 0 Å². The number of halogens is 3. The summed E-state index contributed by atoms with van der Waals surface area (Å²) in [5.74, 6) is 0.0111. The Hall–Kier alpha value is -3.31. The summed E-state index contributed by atoms with van der Waals surface area (Å²) in [7, 11) is 8.01. The van der Waals surface area contributed by atoms with E-state index in [2.05, 4.69) is 17.0 Å². The molecule has 0 atom stereocenters. The molecule has 0 fully saturated rings. The van der Waals surface area contributed by atoms with E-state index in [4.69, 9.17) is 34.8 Å². The van der Waals surface area contributed by atoms with Crippen LogP contribution in [0.5, 0.6) is 0 Å². The highest BCUT2D eigenvalue weighted by atomic mass is 35.5. The van der Waals surface area contributed by atoms with Crippen LogP contribution in [0.25, 0.3) is 0 Å². The third-order valence-electron chi connectivity index (χ3n) is 5.10. The zero-order valence-corrected chi connectivity index (χ0v) is 23.4. The van der Waals surface area contributed by atoms with Gasteiger partial charge in [-0.2, -0.15) is 0 Å². The van der Waals surface area contributed by atoms with Crippen molar-refractivity contribution in [2.24, 2.45) is 0 Å². The Morgan fingerprint density at radius 3 is 1.21 bits per heavy atom. The van der Waals surface area contributed by atoms with Crippen LogP contribution in [0.15, 0.2) is 103 Å². The van der Waals surface area contributed by atoms with Crippen molar-refractivity contribution in [3.8, 4) is 0 Å². The highest BCUT2D eigenvalue weighted by Crippen LogP contribution is 2.17. The van der Waals surface area contributed by atoms with Crippen LogP contribution in [0.1, 0.15) is 33.7 Å². The number of para-hydroxylation sites is 1. The summed E-state index contributed by atoms with van der Waals surface area (Å²) in [5, 5.41) is 0.771. The molecule has 38 heavy (non-hydrogen) atoms. The van der Waals surface area contributed by atoms with Crippen LogP contribution in [-0.2, 0) is 0 Å². The first-order valence-corrected chi connectivity index (χ1v) is 12.5. The van der Waals surface area contributed by atoms with Crippen LogP contribution in [0.4, 0.5) is 11.4 Å². The Bertz CT molecular complexity index is 1260. The molecular weight excluding hydrogens is 539 g/mol. The molecule has 0 aliphatic heterocycles. The van der Waals surface area contributed by atoms with Crippen molar-refractivity contribution >= 4 is 57.2 Å². The molecule has 0 aliphatic carbocycles. The molecule has 4 rings (SSSR count). The maximum absolute atomic E-state index is 12.2. The molecule has 4 aromatic carbocycles. The van der Waals surface area contributed by atoms with Crippen LogP contribution in [-0.4, -0.2) is 39.2 Å². The topological polar surface area (TPSA) is 40.6 Å². The Kier molecular flexibility index (Phi) is 14.2. The number of anilines is 2. The van der Waals surface area contributed by atoms with Gasteiger partial charge < -0.3 is 9.80 Å². The van der Waals surface area contributed by atoms with Gasteiger partial charge in [-0.15, -0.1) is 0 Å². The maximum atomic E-state index is 12.2. The van der Waals surface area contributed by atoms with Crippen LogP contribution < -0.4 is 9.80 Å². The van der Waals surface area contributed by atoms with E-state index in [-0.39, 0.29) is 13.2 Å². The van der Waals surface area contributed by atoms with Crippen LogP contribution >= 0.6 is 34.8 Å². The summed E-state index contributed by atoms with van der Waals surface area (Å²) in [4.78, 5) is 26.7. The molecule has 0 saturated heterocycles. The monoisotopic (exact) mass is 570 g/mol. The molecule has 0 amide bonds. The van der Waals surface area contributed by atoms with Gasteiger partial charge in [0, 0.05) is 66.3 Å². The molecule has 0 heterocycles. The van der Waals surface area contributed by atoms with Gasteiger partial charge in [0.2, 0.25) is 0 Å². The summed E-state index contributed by atoms with van der Waals surface area (Å²) in [6.07, 6.45) is 0. The van der Waals surface area contributed by atoms with Crippen LogP contribution in [0.3, 0.4) is 0 Å². The van der Waals surface area contributed by atoms with Gasteiger partial charge in [-0.05, 0) is 96.5 Å². The molecule has 0 aliphatic rings. The zero-order chi connectivity index (χ0) is 27.4. The Morgan fingerprint density at radius 1 is 0.526 bits per heavy atom. The molecule has 0 spiro atoms. The van der Waals surface area contributed by atoms with Crippen LogP contribution in [0.2, 0.25) is 10.0 Å². The number of carbonyl (C=O) groups excluding carboxylic acids is 2. The second-order valence-electron chi connectivity index (χ2n) is 8.29. The first kappa shape index (κ1) is 32.7. The Labute approximate surface area is 241 Å². The van der Waals surface area contributed by atoms with Gasteiger partial charge >= 0.3 is 0 Å². The fourth-order valence-electron chi connectivity index (χ4n) is 2.99. The minimum Gasteiger partial charge on any atom is -0.378 e. The predicted octanol–water partition coefficient (Wildman–Crippen LogP) is 8.74. The first-order chi connectivity index (χ1) is 17.6. The molecular formula is C31H33Cl3N2O2. The van der Waals surface area contributed by atoms with E-state index < -0.39 is 5.24 Å². The summed E-state index contributed by atoms with van der Waals surface area (Å²) < 4.78 is 0. The molecule has 0 saturated carbocycles. The fourth-order valence-corrected chi connectivity index (χ4v) is 3.36. The van der Waals surface area contributed by atoms with Gasteiger partial charge in [0.1, 0.15) is 0 Å². The van der Waals surface area contributed by atoms with E-state index in [1.165, 1.54) is 5.69 Å². The Balaban J connectivity index is 0.000000307. The van der Waals surface area contributed by atoms with Crippen molar-refractivity contribution in [1.29, 1.82) is 0 Å². The number of benzene rings is 4.